The highest BCUT2D eigenvalue weighted by molar-refractivity contribution is 6.15. The van der Waals surface area contributed by atoms with Crippen molar-refractivity contribution in [2.45, 2.75) is 12.3 Å². The number of para-hydroxylation sites is 1. The lowest BCUT2D eigenvalue weighted by molar-refractivity contribution is -0.120. The molecule has 0 radical (unpaired) electrons. The van der Waals surface area contributed by atoms with Gasteiger partial charge < -0.3 is 15.4 Å². The Morgan fingerprint density at radius 3 is 2.66 bits per heavy atom. The molecule has 1 atom stereocenters. The van der Waals surface area contributed by atoms with Crippen molar-refractivity contribution < 1.29 is 9.53 Å². The fourth-order valence-electron chi connectivity index (χ4n) is 4.42. The maximum Gasteiger partial charge on any atom is 0.247 e. The number of nitrogens with zero attached hydrogens (tertiary/aromatic N) is 3. The van der Waals surface area contributed by atoms with Crippen LogP contribution >= 0.6 is 0 Å². The maximum absolute atomic E-state index is 13.9. The van der Waals surface area contributed by atoms with E-state index in [1.165, 1.54) is 0 Å². The van der Waals surface area contributed by atoms with Crippen LogP contribution in [0.2, 0.25) is 0 Å². The molecule has 1 unspecified atom stereocenters. The molecule has 142 valence electrons. The normalized spacial score (nSPS) is 19.7. The molecule has 1 aromatic heterocycles. The lowest BCUT2D eigenvalue weighted by Crippen LogP contribution is -2.45. The average Bonchev–Trinajstić information content (AvgIpc) is 3.27. The van der Waals surface area contributed by atoms with E-state index in [4.69, 9.17) is 10.5 Å². The number of H-pyrrole nitrogens is 1. The van der Waals surface area contributed by atoms with Crippen molar-refractivity contribution in [2.24, 2.45) is 5.73 Å². The molecule has 7 heteroatoms. The van der Waals surface area contributed by atoms with Crippen LogP contribution < -0.4 is 15.4 Å². The summed E-state index contributed by atoms with van der Waals surface area (Å²) in [6.45, 7) is 2.37. The first kappa shape index (κ1) is 17.1. The van der Waals surface area contributed by atoms with Crippen molar-refractivity contribution in [3.8, 4) is 23.2 Å². The number of hydrogen-bond acceptors (Lipinski definition) is 5. The predicted molar refractivity (Wildman–Crippen MR) is 107 cm³/mol. The Hall–Kier alpha value is -4.05. The van der Waals surface area contributed by atoms with Crippen LogP contribution in [-0.4, -0.2) is 22.6 Å². The van der Waals surface area contributed by atoms with Crippen LogP contribution in [0.1, 0.15) is 18.1 Å². The molecule has 3 N–H and O–H groups in total. The first-order valence-corrected chi connectivity index (χ1v) is 9.28. The van der Waals surface area contributed by atoms with Crippen LogP contribution in [0.25, 0.3) is 11.3 Å². The van der Waals surface area contributed by atoms with Gasteiger partial charge in [-0.2, -0.15) is 5.26 Å². The molecule has 3 heterocycles. The molecule has 0 saturated heterocycles. The molecule has 0 aliphatic carbocycles. The summed E-state index contributed by atoms with van der Waals surface area (Å²) < 4.78 is 5.68. The number of likely N-dealkylation sites (N-methyl/N-ethyl adjacent to an activating group) is 1. The van der Waals surface area contributed by atoms with Gasteiger partial charge in [-0.15, -0.1) is 5.10 Å². The van der Waals surface area contributed by atoms with Crippen molar-refractivity contribution in [3.63, 3.8) is 0 Å². The standard InChI is InChI=1S/C22H17N5O2/c1-2-27-16-11-7-6-10-14(16)22(21(27)28)15(12-23)19(24)29-20-17(22)18(25-26-20)13-8-4-3-5-9-13/h3-11H,2,24H2,1H3,(H,25,26). The number of nitrogens with one attached hydrogen (secondary N) is 1. The Labute approximate surface area is 167 Å². The minimum absolute atomic E-state index is 0.0805. The number of carbonyl (C=O) groups excluding carboxylic acids is 1. The van der Waals surface area contributed by atoms with E-state index in [-0.39, 0.29) is 23.2 Å². The fourth-order valence-corrected chi connectivity index (χ4v) is 4.42. The zero-order chi connectivity index (χ0) is 20.2. The van der Waals surface area contributed by atoms with Gasteiger partial charge in [0.25, 0.3) is 0 Å². The molecular weight excluding hydrogens is 366 g/mol. The summed E-state index contributed by atoms with van der Waals surface area (Å²) in [6.07, 6.45) is 0. The average molecular weight is 383 g/mol. The quantitative estimate of drug-likeness (QED) is 0.707. The highest BCUT2D eigenvalue weighted by Crippen LogP contribution is 2.56. The molecule has 3 aromatic rings. The third-order valence-electron chi connectivity index (χ3n) is 5.59. The number of aromatic nitrogens is 2. The number of benzene rings is 2. The van der Waals surface area contributed by atoms with Gasteiger partial charge in [0.05, 0.1) is 11.3 Å². The number of nitriles is 1. The van der Waals surface area contributed by atoms with Crippen LogP contribution in [-0.2, 0) is 10.2 Å². The lowest BCUT2D eigenvalue weighted by atomic mass is 9.68. The fraction of sp³-hybridized carbons (Fsp3) is 0.136. The Bertz CT molecular complexity index is 1220. The molecular formula is C22H17N5O2. The zero-order valence-electron chi connectivity index (χ0n) is 15.6. The van der Waals surface area contributed by atoms with E-state index < -0.39 is 5.41 Å². The van der Waals surface area contributed by atoms with Crippen molar-refractivity contribution in [2.75, 3.05) is 11.4 Å². The first-order chi connectivity index (χ1) is 14.1. The first-order valence-electron chi connectivity index (χ1n) is 9.28. The second-order valence-electron chi connectivity index (χ2n) is 6.91. The molecule has 7 nitrogen and oxygen atoms in total. The van der Waals surface area contributed by atoms with Crippen LogP contribution in [0.5, 0.6) is 5.88 Å². The third-order valence-corrected chi connectivity index (χ3v) is 5.59. The smallest absolute Gasteiger partial charge is 0.247 e. The SMILES string of the molecule is CCN1C(=O)C2(C(C#N)=C(N)Oc3n[nH]c(-c4ccccc4)c32)c2ccccc21. The number of nitrogens with two attached hydrogens (primary N) is 1. The second kappa shape index (κ2) is 5.97. The Morgan fingerprint density at radius 2 is 1.93 bits per heavy atom. The van der Waals surface area contributed by atoms with Gasteiger partial charge in [-0.3, -0.25) is 9.89 Å². The summed E-state index contributed by atoms with van der Waals surface area (Å²) in [7, 11) is 0. The van der Waals surface area contributed by atoms with Gasteiger partial charge in [0.2, 0.25) is 17.7 Å². The van der Waals surface area contributed by atoms with E-state index >= 15 is 0 Å². The number of fused-ring (bicyclic) bond motifs is 4. The van der Waals surface area contributed by atoms with Gasteiger partial charge in [-0.1, -0.05) is 48.5 Å². The Balaban J connectivity index is 1.93. The maximum atomic E-state index is 13.9. The summed E-state index contributed by atoms with van der Waals surface area (Å²) in [6, 6.07) is 19.2. The number of rotatable bonds is 2. The van der Waals surface area contributed by atoms with Crippen LogP contribution in [0.15, 0.2) is 66.1 Å². The van der Waals surface area contributed by atoms with Gasteiger partial charge in [-0.25, -0.2) is 0 Å². The van der Waals surface area contributed by atoms with E-state index in [9.17, 15) is 10.1 Å². The van der Waals surface area contributed by atoms with Crippen LogP contribution in [0, 0.1) is 11.3 Å². The van der Waals surface area contributed by atoms with Crippen molar-refractivity contribution >= 4 is 11.6 Å². The van der Waals surface area contributed by atoms with E-state index in [1.807, 2.05) is 61.5 Å². The number of hydrogen-bond donors (Lipinski definition) is 2. The van der Waals surface area contributed by atoms with Gasteiger partial charge >= 0.3 is 0 Å². The minimum Gasteiger partial charge on any atom is -0.420 e. The summed E-state index contributed by atoms with van der Waals surface area (Å²) in [4.78, 5) is 15.6. The van der Waals surface area contributed by atoms with E-state index in [0.29, 0.717) is 23.4 Å². The monoisotopic (exact) mass is 383 g/mol. The molecule has 1 amide bonds. The second-order valence-corrected chi connectivity index (χ2v) is 6.91. The molecule has 1 spiro atoms. The third kappa shape index (κ3) is 2.00. The number of ether oxygens (including phenoxy) is 1. The summed E-state index contributed by atoms with van der Waals surface area (Å²) in [5.41, 5.74) is 8.24. The summed E-state index contributed by atoms with van der Waals surface area (Å²) in [5.74, 6) is -0.127. The van der Waals surface area contributed by atoms with Crippen molar-refractivity contribution in [1.82, 2.24) is 10.2 Å². The van der Waals surface area contributed by atoms with Gasteiger partial charge in [-0.05, 0) is 13.0 Å². The molecule has 2 aliphatic heterocycles. The van der Waals surface area contributed by atoms with E-state index in [1.54, 1.807) is 4.90 Å². The molecule has 0 saturated carbocycles. The molecule has 29 heavy (non-hydrogen) atoms. The number of amides is 1. The highest BCUT2D eigenvalue weighted by Gasteiger charge is 2.60. The predicted octanol–water partition coefficient (Wildman–Crippen LogP) is 2.82. The van der Waals surface area contributed by atoms with Gasteiger partial charge in [0.15, 0.2) is 0 Å². The number of carbonyl (C=O) groups is 1. The van der Waals surface area contributed by atoms with Crippen molar-refractivity contribution in [3.05, 3.63) is 77.2 Å². The van der Waals surface area contributed by atoms with E-state index in [2.05, 4.69) is 16.3 Å². The number of aromatic amines is 1. The Kier molecular flexibility index (Phi) is 3.52. The summed E-state index contributed by atoms with van der Waals surface area (Å²) >= 11 is 0. The van der Waals surface area contributed by atoms with Crippen LogP contribution in [0.4, 0.5) is 5.69 Å². The zero-order valence-corrected chi connectivity index (χ0v) is 15.6. The van der Waals surface area contributed by atoms with Crippen LogP contribution in [0.3, 0.4) is 0 Å². The van der Waals surface area contributed by atoms with Gasteiger partial charge in [0, 0.05) is 23.4 Å². The summed E-state index contributed by atoms with van der Waals surface area (Å²) in [5, 5.41) is 17.3. The largest absolute Gasteiger partial charge is 0.420 e. The molecule has 0 fully saturated rings. The number of anilines is 1. The Morgan fingerprint density at radius 1 is 1.21 bits per heavy atom. The molecule has 5 rings (SSSR count). The molecule has 2 aliphatic rings. The minimum atomic E-state index is -1.41. The van der Waals surface area contributed by atoms with Crippen molar-refractivity contribution in [1.29, 1.82) is 5.26 Å². The molecule has 2 aromatic carbocycles. The molecule has 0 bridgehead atoms. The van der Waals surface area contributed by atoms with E-state index in [0.717, 1.165) is 11.3 Å². The highest BCUT2D eigenvalue weighted by atomic mass is 16.5. The topological polar surface area (TPSA) is 108 Å². The van der Waals surface area contributed by atoms with Gasteiger partial charge in [0.1, 0.15) is 17.1 Å². The lowest BCUT2D eigenvalue weighted by Gasteiger charge is -2.32.